The third-order valence-corrected chi connectivity index (χ3v) is 4.01. The molecule has 1 heterocycles. The zero-order chi connectivity index (χ0) is 10.6. The first-order valence-corrected chi connectivity index (χ1v) is 6.49. The van der Waals surface area contributed by atoms with Gasteiger partial charge < -0.3 is 5.32 Å². The van der Waals surface area contributed by atoms with Crippen molar-refractivity contribution in [3.63, 3.8) is 0 Å². The highest BCUT2D eigenvalue weighted by atomic mass is 32.2. The fourth-order valence-electron chi connectivity index (χ4n) is 1.49. The van der Waals surface area contributed by atoms with Crippen LogP contribution in [0.15, 0.2) is 0 Å². The molecule has 0 amide bonds. The Morgan fingerprint density at radius 3 is 2.86 bits per heavy atom. The molecule has 1 saturated heterocycles. The first kappa shape index (κ1) is 11.9. The molecule has 0 saturated carbocycles. The average Bonchev–Trinajstić information content (AvgIpc) is 2.15. The normalized spacial score (nSPS) is 25.1. The summed E-state index contributed by atoms with van der Waals surface area (Å²) in [6.07, 6.45) is 0.819. The number of nitrogens with zero attached hydrogens (tertiary/aromatic N) is 1. The molecule has 14 heavy (non-hydrogen) atoms. The van der Waals surface area contributed by atoms with Gasteiger partial charge in [-0.25, -0.2) is 4.72 Å². The van der Waals surface area contributed by atoms with E-state index in [0.29, 0.717) is 13.1 Å². The molecule has 1 rings (SSSR count). The summed E-state index contributed by atoms with van der Waals surface area (Å²) in [4.78, 5) is 0. The van der Waals surface area contributed by atoms with Gasteiger partial charge in [-0.3, -0.25) is 0 Å². The van der Waals surface area contributed by atoms with Crippen molar-refractivity contribution in [1.29, 1.82) is 0 Å². The van der Waals surface area contributed by atoms with E-state index in [-0.39, 0.29) is 6.04 Å². The van der Waals surface area contributed by atoms with Crippen molar-refractivity contribution < 1.29 is 8.42 Å². The number of piperazine rings is 1. The molecule has 0 aromatic heterocycles. The van der Waals surface area contributed by atoms with Crippen molar-refractivity contribution in [3.8, 4) is 0 Å². The monoisotopic (exact) mass is 221 g/mol. The lowest BCUT2D eigenvalue weighted by atomic mass is 10.3. The molecule has 5 nitrogen and oxygen atoms in total. The molecule has 1 fully saturated rings. The maximum absolute atomic E-state index is 11.7. The molecule has 84 valence electrons. The minimum Gasteiger partial charge on any atom is -0.314 e. The SMILES string of the molecule is CCCNS(=O)(=O)N1CCNCC1C. The van der Waals surface area contributed by atoms with Crippen LogP contribution in [0.25, 0.3) is 0 Å². The number of hydrogen-bond donors (Lipinski definition) is 2. The van der Waals surface area contributed by atoms with Gasteiger partial charge in [0.1, 0.15) is 0 Å². The Kier molecular flexibility index (Phi) is 4.31. The van der Waals surface area contributed by atoms with Crippen molar-refractivity contribution >= 4 is 10.2 Å². The van der Waals surface area contributed by atoms with Crippen LogP contribution in [0.4, 0.5) is 0 Å². The van der Waals surface area contributed by atoms with Crippen LogP contribution < -0.4 is 10.0 Å². The van der Waals surface area contributed by atoms with Gasteiger partial charge >= 0.3 is 0 Å². The van der Waals surface area contributed by atoms with Crippen LogP contribution in [-0.4, -0.2) is 44.9 Å². The van der Waals surface area contributed by atoms with E-state index in [2.05, 4.69) is 10.0 Å². The zero-order valence-electron chi connectivity index (χ0n) is 8.78. The highest BCUT2D eigenvalue weighted by Crippen LogP contribution is 2.07. The van der Waals surface area contributed by atoms with Crippen LogP contribution in [0.5, 0.6) is 0 Å². The molecular weight excluding hydrogens is 202 g/mol. The van der Waals surface area contributed by atoms with Gasteiger partial charge in [0, 0.05) is 32.2 Å². The molecule has 1 unspecified atom stereocenters. The standard InChI is InChI=1S/C8H19N3O2S/c1-3-4-10-14(12,13)11-6-5-9-7-8(11)2/h8-10H,3-7H2,1-2H3. The predicted octanol–water partition coefficient (Wildman–Crippen LogP) is -0.475. The first-order chi connectivity index (χ1) is 6.58. The lowest BCUT2D eigenvalue weighted by Gasteiger charge is -2.32. The van der Waals surface area contributed by atoms with E-state index in [9.17, 15) is 8.42 Å². The molecule has 1 aliphatic rings. The highest BCUT2D eigenvalue weighted by molar-refractivity contribution is 7.87. The summed E-state index contributed by atoms with van der Waals surface area (Å²) >= 11 is 0. The third kappa shape index (κ3) is 2.91. The minimum absolute atomic E-state index is 0.0399. The Balaban J connectivity index is 2.60. The van der Waals surface area contributed by atoms with Crippen LogP contribution in [-0.2, 0) is 10.2 Å². The van der Waals surface area contributed by atoms with Gasteiger partial charge in [0.15, 0.2) is 0 Å². The minimum atomic E-state index is -3.25. The van der Waals surface area contributed by atoms with Crippen molar-refractivity contribution in [2.24, 2.45) is 0 Å². The van der Waals surface area contributed by atoms with Gasteiger partial charge in [0.05, 0.1) is 0 Å². The summed E-state index contributed by atoms with van der Waals surface area (Å²) in [5.41, 5.74) is 0. The van der Waals surface area contributed by atoms with E-state index in [0.717, 1.165) is 19.5 Å². The lowest BCUT2D eigenvalue weighted by Crippen LogP contribution is -2.55. The van der Waals surface area contributed by atoms with Crippen LogP contribution in [0, 0.1) is 0 Å². The molecule has 0 aromatic carbocycles. The van der Waals surface area contributed by atoms with Gasteiger partial charge in [-0.05, 0) is 13.3 Å². The van der Waals surface area contributed by atoms with Crippen molar-refractivity contribution in [1.82, 2.24) is 14.3 Å². The molecule has 0 radical (unpaired) electrons. The molecule has 0 bridgehead atoms. The lowest BCUT2D eigenvalue weighted by molar-refractivity contribution is 0.280. The Morgan fingerprint density at radius 2 is 2.29 bits per heavy atom. The topological polar surface area (TPSA) is 61.4 Å². The van der Waals surface area contributed by atoms with Gasteiger partial charge in [-0.1, -0.05) is 6.92 Å². The number of nitrogens with one attached hydrogen (secondary N) is 2. The molecule has 0 spiro atoms. The van der Waals surface area contributed by atoms with Crippen molar-refractivity contribution in [2.75, 3.05) is 26.2 Å². The van der Waals surface area contributed by atoms with E-state index in [4.69, 9.17) is 0 Å². The van der Waals surface area contributed by atoms with Gasteiger partial charge in [-0.15, -0.1) is 0 Å². The maximum atomic E-state index is 11.7. The van der Waals surface area contributed by atoms with Gasteiger partial charge in [-0.2, -0.15) is 12.7 Å². The van der Waals surface area contributed by atoms with E-state index in [1.807, 2.05) is 13.8 Å². The summed E-state index contributed by atoms with van der Waals surface area (Å²) < 4.78 is 27.6. The largest absolute Gasteiger partial charge is 0.314 e. The molecule has 1 aliphatic heterocycles. The zero-order valence-corrected chi connectivity index (χ0v) is 9.60. The predicted molar refractivity (Wildman–Crippen MR) is 56.3 cm³/mol. The summed E-state index contributed by atoms with van der Waals surface area (Å²) in [6, 6.07) is 0.0399. The summed E-state index contributed by atoms with van der Waals surface area (Å²) in [5, 5.41) is 3.16. The number of hydrogen-bond acceptors (Lipinski definition) is 3. The Labute approximate surface area is 86.0 Å². The van der Waals surface area contributed by atoms with Gasteiger partial charge in [0.25, 0.3) is 10.2 Å². The summed E-state index contributed by atoms with van der Waals surface area (Å²) in [6.45, 7) is 6.39. The molecule has 0 aromatic rings. The van der Waals surface area contributed by atoms with Crippen LogP contribution >= 0.6 is 0 Å². The second kappa shape index (κ2) is 5.06. The molecule has 1 atom stereocenters. The van der Waals surface area contributed by atoms with E-state index in [1.165, 1.54) is 4.31 Å². The Bertz CT molecular complexity index is 266. The van der Waals surface area contributed by atoms with E-state index >= 15 is 0 Å². The summed E-state index contributed by atoms with van der Waals surface area (Å²) in [5.74, 6) is 0. The first-order valence-electron chi connectivity index (χ1n) is 5.05. The van der Waals surface area contributed by atoms with E-state index in [1.54, 1.807) is 0 Å². The third-order valence-electron chi connectivity index (χ3n) is 2.28. The number of rotatable bonds is 4. The fraction of sp³-hybridized carbons (Fsp3) is 1.00. The molecule has 0 aliphatic carbocycles. The van der Waals surface area contributed by atoms with Crippen molar-refractivity contribution in [2.45, 2.75) is 26.3 Å². The smallest absolute Gasteiger partial charge is 0.279 e. The van der Waals surface area contributed by atoms with Gasteiger partial charge in [0.2, 0.25) is 0 Å². The maximum Gasteiger partial charge on any atom is 0.279 e. The summed E-state index contributed by atoms with van der Waals surface area (Å²) in [7, 11) is -3.25. The second-order valence-electron chi connectivity index (χ2n) is 3.56. The Morgan fingerprint density at radius 1 is 1.57 bits per heavy atom. The fourth-order valence-corrected chi connectivity index (χ4v) is 3.00. The molecule has 6 heteroatoms. The van der Waals surface area contributed by atoms with Crippen molar-refractivity contribution in [3.05, 3.63) is 0 Å². The van der Waals surface area contributed by atoms with Crippen LogP contribution in [0.3, 0.4) is 0 Å². The van der Waals surface area contributed by atoms with Crippen LogP contribution in [0.1, 0.15) is 20.3 Å². The van der Waals surface area contributed by atoms with E-state index < -0.39 is 10.2 Å². The van der Waals surface area contributed by atoms with Crippen LogP contribution in [0.2, 0.25) is 0 Å². The molecule has 2 N–H and O–H groups in total. The molecular formula is C8H19N3O2S. The average molecular weight is 221 g/mol. The Hall–Kier alpha value is -0.170. The highest BCUT2D eigenvalue weighted by Gasteiger charge is 2.28. The quantitative estimate of drug-likeness (QED) is 0.674. The second-order valence-corrected chi connectivity index (χ2v) is 5.27.